The Labute approximate surface area is 221 Å². The van der Waals surface area contributed by atoms with Crippen molar-refractivity contribution >= 4 is 23.5 Å². The Bertz CT molecular complexity index is 1370. The summed E-state index contributed by atoms with van der Waals surface area (Å²) in [5.74, 6) is 0.159. The normalized spacial score (nSPS) is 16.7. The van der Waals surface area contributed by atoms with Crippen LogP contribution in [0.5, 0.6) is 0 Å². The maximum atomic E-state index is 13.3. The van der Waals surface area contributed by atoms with E-state index in [2.05, 4.69) is 10.5 Å². The molecule has 0 bridgehead atoms. The number of benzene rings is 2. The molecule has 5 rings (SSSR count). The maximum Gasteiger partial charge on any atom is 0.308 e. The Kier molecular flexibility index (Phi) is 7.40. The van der Waals surface area contributed by atoms with Crippen molar-refractivity contribution in [3.8, 4) is 11.1 Å². The molecule has 0 unspecified atom stereocenters. The summed E-state index contributed by atoms with van der Waals surface area (Å²) in [7, 11) is 1.39. The van der Waals surface area contributed by atoms with Gasteiger partial charge >= 0.3 is 5.97 Å². The highest BCUT2D eigenvalue weighted by molar-refractivity contribution is 6.07. The van der Waals surface area contributed by atoms with Gasteiger partial charge in [0.25, 0.3) is 11.8 Å². The molecule has 1 aromatic heterocycles. The van der Waals surface area contributed by atoms with E-state index >= 15 is 0 Å². The van der Waals surface area contributed by atoms with Crippen molar-refractivity contribution < 1.29 is 23.5 Å². The molecule has 196 valence electrons. The third-order valence-electron chi connectivity index (χ3n) is 7.38. The number of aryl methyl sites for hydroxylation is 1. The van der Waals surface area contributed by atoms with Crippen molar-refractivity contribution in [1.29, 1.82) is 0 Å². The van der Waals surface area contributed by atoms with Gasteiger partial charge in [-0.2, -0.15) is 5.10 Å². The lowest BCUT2D eigenvalue weighted by Crippen LogP contribution is -2.40. The van der Waals surface area contributed by atoms with Gasteiger partial charge < -0.3 is 14.1 Å². The van der Waals surface area contributed by atoms with E-state index in [0.29, 0.717) is 55.8 Å². The van der Waals surface area contributed by atoms with E-state index in [1.54, 1.807) is 17.0 Å². The lowest BCUT2D eigenvalue weighted by Gasteiger charge is -2.30. The Morgan fingerprint density at radius 2 is 1.66 bits per heavy atom. The van der Waals surface area contributed by atoms with Crippen molar-refractivity contribution in [3.05, 3.63) is 82.8 Å². The van der Waals surface area contributed by atoms with Crippen LogP contribution in [0.25, 0.3) is 11.1 Å². The van der Waals surface area contributed by atoms with Crippen LogP contribution in [0.4, 0.5) is 0 Å². The van der Waals surface area contributed by atoms with E-state index < -0.39 is 0 Å². The number of rotatable bonds is 5. The number of esters is 1. The van der Waals surface area contributed by atoms with E-state index in [9.17, 15) is 14.4 Å². The van der Waals surface area contributed by atoms with Gasteiger partial charge in [0.05, 0.1) is 18.7 Å². The Morgan fingerprint density at radius 3 is 2.34 bits per heavy atom. The highest BCUT2D eigenvalue weighted by Gasteiger charge is 2.33. The summed E-state index contributed by atoms with van der Waals surface area (Å²) >= 11 is 0. The second-order valence-electron chi connectivity index (χ2n) is 9.74. The summed E-state index contributed by atoms with van der Waals surface area (Å²) in [5.41, 5.74) is 7.58. The second-order valence-corrected chi connectivity index (χ2v) is 9.74. The number of nitrogens with zero attached hydrogens (tertiary/aromatic N) is 2. The Hall–Kier alpha value is -4.20. The molecule has 0 atom stereocenters. The van der Waals surface area contributed by atoms with Crippen molar-refractivity contribution in [3.63, 3.8) is 0 Å². The van der Waals surface area contributed by atoms with Crippen LogP contribution in [0, 0.1) is 12.8 Å². The van der Waals surface area contributed by atoms with Crippen molar-refractivity contribution in [1.82, 2.24) is 10.3 Å². The van der Waals surface area contributed by atoms with Crippen LogP contribution in [0.1, 0.15) is 63.5 Å². The predicted octanol–water partition coefficient (Wildman–Crippen LogP) is 4.75. The van der Waals surface area contributed by atoms with Gasteiger partial charge in [0.15, 0.2) is 5.76 Å². The first kappa shape index (κ1) is 25.4. The van der Waals surface area contributed by atoms with E-state index in [1.807, 2.05) is 49.4 Å². The molecule has 1 fully saturated rings. The molecule has 1 aliphatic carbocycles. The molecule has 8 heteroatoms. The summed E-state index contributed by atoms with van der Waals surface area (Å²) in [6.07, 6.45) is 3.35. The maximum absolute atomic E-state index is 13.3. The fourth-order valence-electron chi connectivity index (χ4n) is 5.24. The van der Waals surface area contributed by atoms with Crippen molar-refractivity contribution in [2.45, 2.75) is 39.0 Å². The second kappa shape index (κ2) is 11.0. The highest BCUT2D eigenvalue weighted by Crippen LogP contribution is 2.31. The largest absolute Gasteiger partial charge is 0.469 e. The third-order valence-corrected chi connectivity index (χ3v) is 7.38. The number of piperidine rings is 1. The minimum atomic E-state index is -0.296. The zero-order valence-electron chi connectivity index (χ0n) is 21.7. The number of likely N-dealkylation sites (tertiary alicyclic amines) is 1. The van der Waals surface area contributed by atoms with Gasteiger partial charge in [-0.15, -0.1) is 0 Å². The van der Waals surface area contributed by atoms with Crippen LogP contribution in [-0.2, 0) is 16.0 Å². The predicted molar refractivity (Wildman–Crippen MR) is 143 cm³/mol. The van der Waals surface area contributed by atoms with Crippen molar-refractivity contribution in [2.24, 2.45) is 11.0 Å². The number of amides is 2. The number of ether oxygens (including phenoxy) is 1. The number of hydrogen-bond acceptors (Lipinski definition) is 6. The minimum absolute atomic E-state index is 0.174. The molecule has 0 spiro atoms. The number of hydrogen-bond donors (Lipinski definition) is 1. The summed E-state index contributed by atoms with van der Waals surface area (Å²) in [5, 5.41) is 4.45. The summed E-state index contributed by atoms with van der Waals surface area (Å²) in [6.45, 7) is 2.81. The van der Waals surface area contributed by atoms with Crippen LogP contribution in [0.3, 0.4) is 0 Å². The Morgan fingerprint density at radius 1 is 0.974 bits per heavy atom. The molecule has 1 N–H and O–H groups in total. The van der Waals surface area contributed by atoms with E-state index in [0.717, 1.165) is 34.4 Å². The van der Waals surface area contributed by atoms with Gasteiger partial charge in [0.1, 0.15) is 5.76 Å². The minimum Gasteiger partial charge on any atom is -0.469 e. The number of fused-ring (bicyclic) bond motifs is 1. The SMILES string of the molecule is COC(=O)C1CCN(C(=O)c2oc3c(c2C)/C(=N/NC(=O)c2ccc(-c4ccccc4)cc2)CCC3)CC1. The molecule has 8 nitrogen and oxygen atoms in total. The molecule has 0 saturated carbocycles. The lowest BCUT2D eigenvalue weighted by atomic mass is 9.93. The van der Waals surface area contributed by atoms with Crippen LogP contribution < -0.4 is 5.43 Å². The molecule has 38 heavy (non-hydrogen) atoms. The lowest BCUT2D eigenvalue weighted by molar-refractivity contribution is -0.146. The fourth-order valence-corrected chi connectivity index (χ4v) is 5.24. The number of carbonyl (C=O) groups excluding carboxylic acids is 3. The van der Waals surface area contributed by atoms with Gasteiger partial charge in [-0.25, -0.2) is 5.43 Å². The average Bonchev–Trinajstić information content (AvgIpc) is 3.32. The quantitative estimate of drug-likeness (QED) is 0.392. The first-order chi connectivity index (χ1) is 18.5. The van der Waals surface area contributed by atoms with Gasteiger partial charge in [-0.1, -0.05) is 42.5 Å². The molecule has 3 aromatic rings. The summed E-state index contributed by atoms with van der Waals surface area (Å²) in [4.78, 5) is 39.6. The molecule has 2 heterocycles. The molecule has 1 saturated heterocycles. The first-order valence-electron chi connectivity index (χ1n) is 13.0. The number of furan rings is 1. The van der Waals surface area contributed by atoms with Gasteiger partial charge in [0, 0.05) is 36.2 Å². The van der Waals surface area contributed by atoms with E-state index in [-0.39, 0.29) is 23.7 Å². The van der Waals surface area contributed by atoms with Crippen LogP contribution in [-0.4, -0.2) is 48.6 Å². The van der Waals surface area contributed by atoms with Gasteiger partial charge in [0.2, 0.25) is 0 Å². The molecule has 1 aliphatic heterocycles. The standard InChI is InChI=1S/C30H31N3O5/c1-19-26-24(31-32-28(34)22-13-11-21(12-14-22)20-7-4-3-5-8-20)9-6-10-25(26)38-27(19)29(35)33-17-15-23(16-18-33)30(36)37-2/h3-5,7-8,11-14,23H,6,9-10,15-18H2,1-2H3,(H,32,34)/b31-24+. The van der Waals surface area contributed by atoms with Crippen LogP contribution >= 0.6 is 0 Å². The zero-order chi connectivity index (χ0) is 26.6. The zero-order valence-corrected chi connectivity index (χ0v) is 21.7. The Balaban J connectivity index is 1.28. The third kappa shape index (κ3) is 5.11. The molecule has 0 radical (unpaired) electrons. The highest BCUT2D eigenvalue weighted by atomic mass is 16.5. The van der Waals surface area contributed by atoms with Gasteiger partial charge in [-0.05, 0) is 55.9 Å². The number of methoxy groups -OCH3 is 1. The molecule has 2 aromatic carbocycles. The fraction of sp³-hybridized carbons (Fsp3) is 0.333. The summed E-state index contributed by atoms with van der Waals surface area (Å²) < 4.78 is 10.9. The van der Waals surface area contributed by atoms with E-state index in [4.69, 9.17) is 9.15 Å². The number of carbonyl (C=O) groups is 3. The number of hydrazone groups is 1. The number of nitrogens with one attached hydrogen (secondary N) is 1. The molecule has 2 aliphatic rings. The first-order valence-corrected chi connectivity index (χ1v) is 13.0. The molecule has 2 amide bonds. The van der Waals surface area contributed by atoms with E-state index in [1.165, 1.54) is 7.11 Å². The molecular weight excluding hydrogens is 482 g/mol. The topological polar surface area (TPSA) is 101 Å². The smallest absolute Gasteiger partial charge is 0.308 e. The van der Waals surface area contributed by atoms with Crippen LogP contribution in [0.2, 0.25) is 0 Å². The van der Waals surface area contributed by atoms with Gasteiger partial charge in [-0.3, -0.25) is 14.4 Å². The summed E-state index contributed by atoms with van der Waals surface area (Å²) in [6, 6.07) is 17.4. The van der Waals surface area contributed by atoms with Crippen LogP contribution in [0.15, 0.2) is 64.1 Å². The molecular formula is C30H31N3O5. The van der Waals surface area contributed by atoms with Crippen molar-refractivity contribution in [2.75, 3.05) is 20.2 Å². The monoisotopic (exact) mass is 513 g/mol. The average molecular weight is 514 g/mol.